The minimum atomic E-state index is 0.220. The van der Waals surface area contributed by atoms with Gasteiger partial charge >= 0.3 is 0 Å². The standard InChI is InChI=1S/C22H20N4O/c1-3-16-7-9-17(10-8-16)21-22(26-13-5-4-6-20(26)23-21)25-24-19-12-11-18(27)14-15(19)2/h4-14,27H,3H2,1-2H3. The molecule has 0 fully saturated rings. The number of aryl methyl sites for hydroxylation is 2. The van der Waals surface area contributed by atoms with Crippen molar-refractivity contribution in [3.63, 3.8) is 0 Å². The second kappa shape index (κ2) is 7.03. The van der Waals surface area contributed by atoms with E-state index in [1.165, 1.54) is 5.56 Å². The van der Waals surface area contributed by atoms with Crippen LogP contribution < -0.4 is 0 Å². The Bertz CT molecular complexity index is 1130. The SMILES string of the molecule is CCc1ccc(-c2nc3ccccn3c2N=Nc2ccc(O)cc2C)cc1. The Morgan fingerprint density at radius 2 is 1.81 bits per heavy atom. The number of phenolic OH excluding ortho intramolecular Hbond substituents is 1. The average Bonchev–Trinajstić information content (AvgIpc) is 3.06. The van der Waals surface area contributed by atoms with E-state index in [4.69, 9.17) is 4.98 Å². The van der Waals surface area contributed by atoms with E-state index in [0.717, 1.165) is 28.9 Å². The lowest BCUT2D eigenvalue weighted by Crippen LogP contribution is -1.83. The highest BCUT2D eigenvalue weighted by Gasteiger charge is 2.14. The van der Waals surface area contributed by atoms with Crippen molar-refractivity contribution < 1.29 is 5.11 Å². The summed E-state index contributed by atoms with van der Waals surface area (Å²) in [5.41, 5.74) is 5.48. The highest BCUT2D eigenvalue weighted by Crippen LogP contribution is 2.33. The zero-order chi connectivity index (χ0) is 18.8. The highest BCUT2D eigenvalue weighted by molar-refractivity contribution is 5.74. The summed E-state index contributed by atoms with van der Waals surface area (Å²) in [7, 11) is 0. The van der Waals surface area contributed by atoms with Crippen molar-refractivity contribution in [3.8, 4) is 17.0 Å². The fourth-order valence-electron chi connectivity index (χ4n) is 3.02. The summed E-state index contributed by atoms with van der Waals surface area (Å²) in [6.07, 6.45) is 2.93. The molecule has 2 aromatic carbocycles. The van der Waals surface area contributed by atoms with Gasteiger partial charge in [-0.15, -0.1) is 10.2 Å². The third-order valence-corrected chi connectivity index (χ3v) is 4.57. The zero-order valence-electron chi connectivity index (χ0n) is 15.3. The highest BCUT2D eigenvalue weighted by atomic mass is 16.3. The van der Waals surface area contributed by atoms with E-state index in [2.05, 4.69) is 41.4 Å². The van der Waals surface area contributed by atoms with E-state index in [1.807, 2.05) is 35.7 Å². The fourth-order valence-corrected chi connectivity index (χ4v) is 3.02. The number of aromatic hydroxyl groups is 1. The van der Waals surface area contributed by atoms with Crippen molar-refractivity contribution in [2.45, 2.75) is 20.3 Å². The summed E-state index contributed by atoms with van der Waals surface area (Å²) in [5.74, 6) is 0.903. The van der Waals surface area contributed by atoms with Crippen LogP contribution in [-0.2, 0) is 6.42 Å². The molecule has 1 N–H and O–H groups in total. The normalized spacial score (nSPS) is 11.5. The monoisotopic (exact) mass is 356 g/mol. The molecule has 2 heterocycles. The van der Waals surface area contributed by atoms with E-state index >= 15 is 0 Å². The van der Waals surface area contributed by atoms with Crippen LogP contribution in [0.15, 0.2) is 77.1 Å². The van der Waals surface area contributed by atoms with Gasteiger partial charge in [0.2, 0.25) is 0 Å². The van der Waals surface area contributed by atoms with Crippen LogP contribution in [0.25, 0.3) is 16.9 Å². The first kappa shape index (κ1) is 17.0. The molecule has 0 saturated heterocycles. The predicted octanol–water partition coefficient (Wildman–Crippen LogP) is 5.99. The summed E-state index contributed by atoms with van der Waals surface area (Å²) in [6.45, 7) is 4.03. The van der Waals surface area contributed by atoms with E-state index in [1.54, 1.807) is 18.2 Å². The third kappa shape index (κ3) is 3.31. The number of aromatic nitrogens is 2. The Morgan fingerprint density at radius 3 is 2.56 bits per heavy atom. The maximum absolute atomic E-state index is 9.58. The number of hydrogen-bond donors (Lipinski definition) is 1. The fraction of sp³-hybridized carbons (Fsp3) is 0.136. The van der Waals surface area contributed by atoms with Gasteiger partial charge in [0.1, 0.15) is 17.1 Å². The smallest absolute Gasteiger partial charge is 0.187 e. The summed E-state index contributed by atoms with van der Waals surface area (Å²) < 4.78 is 1.93. The van der Waals surface area contributed by atoms with Gasteiger partial charge in [0.25, 0.3) is 0 Å². The number of rotatable bonds is 4. The van der Waals surface area contributed by atoms with Crippen LogP contribution in [0.5, 0.6) is 5.75 Å². The lowest BCUT2D eigenvalue weighted by Gasteiger charge is -2.02. The van der Waals surface area contributed by atoms with Gasteiger partial charge in [-0.05, 0) is 54.8 Å². The number of azo groups is 1. The lowest BCUT2D eigenvalue weighted by molar-refractivity contribution is 0.475. The van der Waals surface area contributed by atoms with E-state index in [0.29, 0.717) is 11.5 Å². The first-order chi connectivity index (χ1) is 13.2. The molecule has 0 unspecified atom stereocenters. The van der Waals surface area contributed by atoms with Crippen LogP contribution in [0, 0.1) is 6.92 Å². The van der Waals surface area contributed by atoms with Crippen molar-refractivity contribution in [2.75, 3.05) is 0 Å². The number of imidazole rings is 1. The Hall–Kier alpha value is -3.47. The van der Waals surface area contributed by atoms with Gasteiger partial charge in [-0.25, -0.2) is 4.98 Å². The molecule has 5 heteroatoms. The van der Waals surface area contributed by atoms with Crippen molar-refractivity contribution in [2.24, 2.45) is 10.2 Å². The molecule has 0 spiro atoms. The van der Waals surface area contributed by atoms with Gasteiger partial charge in [-0.2, -0.15) is 0 Å². The van der Waals surface area contributed by atoms with Gasteiger partial charge in [-0.3, -0.25) is 4.40 Å². The zero-order valence-corrected chi connectivity index (χ0v) is 15.3. The summed E-state index contributed by atoms with van der Waals surface area (Å²) >= 11 is 0. The first-order valence-electron chi connectivity index (χ1n) is 8.93. The van der Waals surface area contributed by atoms with Crippen molar-refractivity contribution in [3.05, 3.63) is 78.0 Å². The number of pyridine rings is 1. The van der Waals surface area contributed by atoms with E-state index in [-0.39, 0.29) is 5.75 Å². The number of phenols is 1. The predicted molar refractivity (Wildman–Crippen MR) is 107 cm³/mol. The van der Waals surface area contributed by atoms with E-state index < -0.39 is 0 Å². The molecule has 0 aliphatic carbocycles. The summed E-state index contributed by atoms with van der Waals surface area (Å²) in [5, 5.41) is 18.5. The van der Waals surface area contributed by atoms with Gasteiger partial charge in [0.15, 0.2) is 5.82 Å². The first-order valence-corrected chi connectivity index (χ1v) is 8.93. The molecule has 0 atom stereocenters. The molecular weight excluding hydrogens is 336 g/mol. The number of hydrogen-bond acceptors (Lipinski definition) is 4. The molecule has 0 saturated carbocycles. The second-order valence-corrected chi connectivity index (χ2v) is 6.43. The molecule has 4 aromatic rings. The lowest BCUT2D eigenvalue weighted by atomic mass is 10.1. The van der Waals surface area contributed by atoms with Crippen molar-refractivity contribution >= 4 is 17.2 Å². The molecule has 5 nitrogen and oxygen atoms in total. The molecule has 2 aromatic heterocycles. The summed E-state index contributed by atoms with van der Waals surface area (Å²) in [6, 6.07) is 19.3. The third-order valence-electron chi connectivity index (χ3n) is 4.57. The maximum atomic E-state index is 9.58. The van der Waals surface area contributed by atoms with Crippen molar-refractivity contribution in [1.29, 1.82) is 0 Å². The maximum Gasteiger partial charge on any atom is 0.187 e. The molecule has 0 bridgehead atoms. The Labute approximate surface area is 157 Å². The molecule has 4 rings (SSSR count). The topological polar surface area (TPSA) is 62.2 Å². The molecule has 0 aliphatic heterocycles. The van der Waals surface area contributed by atoms with Gasteiger partial charge in [0.05, 0.1) is 5.69 Å². The minimum Gasteiger partial charge on any atom is -0.508 e. The van der Waals surface area contributed by atoms with Gasteiger partial charge < -0.3 is 5.11 Å². The van der Waals surface area contributed by atoms with Crippen LogP contribution in [0.2, 0.25) is 0 Å². The van der Waals surface area contributed by atoms with Crippen molar-refractivity contribution in [1.82, 2.24) is 9.38 Å². The number of nitrogens with zero attached hydrogens (tertiary/aromatic N) is 4. The molecular formula is C22H20N4O. The minimum absolute atomic E-state index is 0.220. The Kier molecular flexibility index (Phi) is 4.42. The molecule has 0 radical (unpaired) electrons. The van der Waals surface area contributed by atoms with E-state index in [9.17, 15) is 5.11 Å². The molecule has 134 valence electrons. The molecule has 27 heavy (non-hydrogen) atoms. The molecule has 0 aliphatic rings. The van der Waals surface area contributed by atoms with Gasteiger partial charge in [-0.1, -0.05) is 37.3 Å². The average molecular weight is 356 g/mol. The van der Waals surface area contributed by atoms with Crippen LogP contribution in [-0.4, -0.2) is 14.5 Å². The quantitative estimate of drug-likeness (QED) is 0.456. The number of fused-ring (bicyclic) bond motifs is 1. The largest absolute Gasteiger partial charge is 0.508 e. The Morgan fingerprint density at radius 1 is 1.00 bits per heavy atom. The summed E-state index contributed by atoms with van der Waals surface area (Å²) in [4.78, 5) is 4.76. The number of benzene rings is 2. The second-order valence-electron chi connectivity index (χ2n) is 6.43. The van der Waals surface area contributed by atoms with Crippen LogP contribution >= 0.6 is 0 Å². The van der Waals surface area contributed by atoms with Crippen LogP contribution in [0.3, 0.4) is 0 Å². The Balaban J connectivity index is 1.83. The van der Waals surface area contributed by atoms with Gasteiger partial charge in [0, 0.05) is 11.8 Å². The molecule has 0 amide bonds. The van der Waals surface area contributed by atoms with Crippen LogP contribution in [0.1, 0.15) is 18.1 Å². The van der Waals surface area contributed by atoms with Crippen LogP contribution in [0.4, 0.5) is 11.5 Å².